The standard InChI is InChI=1S/C15H18N2O2S2/c1-11(17-14-5-3-4-6-15(14)20-2)12-7-9-13(10-8-12)21(16,18)19/h3-11,17H,1-2H3,(H2,16,18,19). The van der Waals surface area contributed by atoms with Crippen LogP contribution in [0.4, 0.5) is 5.69 Å². The molecule has 3 N–H and O–H groups in total. The van der Waals surface area contributed by atoms with Gasteiger partial charge in [0.25, 0.3) is 0 Å². The van der Waals surface area contributed by atoms with Gasteiger partial charge in [-0.25, -0.2) is 13.6 Å². The van der Waals surface area contributed by atoms with Crippen LogP contribution < -0.4 is 10.5 Å². The van der Waals surface area contributed by atoms with Crippen molar-refractivity contribution in [3.63, 3.8) is 0 Å². The summed E-state index contributed by atoms with van der Waals surface area (Å²) in [7, 11) is -3.64. The lowest BCUT2D eigenvalue weighted by molar-refractivity contribution is 0.597. The summed E-state index contributed by atoms with van der Waals surface area (Å²) >= 11 is 1.68. The molecule has 0 radical (unpaired) electrons. The molecule has 0 aliphatic rings. The van der Waals surface area contributed by atoms with Gasteiger partial charge in [-0.1, -0.05) is 24.3 Å². The lowest BCUT2D eigenvalue weighted by Gasteiger charge is -2.18. The van der Waals surface area contributed by atoms with Crippen LogP contribution in [-0.4, -0.2) is 14.7 Å². The van der Waals surface area contributed by atoms with Crippen molar-refractivity contribution in [3.05, 3.63) is 54.1 Å². The van der Waals surface area contributed by atoms with E-state index in [9.17, 15) is 8.42 Å². The number of hydrogen-bond acceptors (Lipinski definition) is 4. The number of thioether (sulfide) groups is 1. The Morgan fingerprint density at radius 1 is 1.10 bits per heavy atom. The molecule has 0 saturated carbocycles. The number of benzene rings is 2. The molecule has 0 aromatic heterocycles. The molecule has 4 nitrogen and oxygen atoms in total. The summed E-state index contributed by atoms with van der Waals surface area (Å²) in [5, 5.41) is 8.53. The Morgan fingerprint density at radius 3 is 2.29 bits per heavy atom. The van der Waals surface area contributed by atoms with Crippen LogP contribution in [0.5, 0.6) is 0 Å². The SMILES string of the molecule is CSc1ccccc1NC(C)c1ccc(S(N)(=O)=O)cc1. The summed E-state index contributed by atoms with van der Waals surface area (Å²) in [6.45, 7) is 2.03. The highest BCUT2D eigenvalue weighted by Gasteiger charge is 2.11. The second kappa shape index (κ2) is 6.51. The van der Waals surface area contributed by atoms with Crippen LogP contribution in [0.2, 0.25) is 0 Å². The van der Waals surface area contributed by atoms with Gasteiger partial charge in [0.15, 0.2) is 0 Å². The van der Waals surface area contributed by atoms with Crippen LogP contribution in [-0.2, 0) is 10.0 Å². The van der Waals surface area contributed by atoms with Gasteiger partial charge in [-0.3, -0.25) is 0 Å². The molecule has 0 heterocycles. The summed E-state index contributed by atoms with van der Waals surface area (Å²) in [5.74, 6) is 0. The molecule has 0 saturated heterocycles. The van der Waals surface area contributed by atoms with Crippen molar-refractivity contribution in [2.45, 2.75) is 22.8 Å². The molecule has 1 unspecified atom stereocenters. The van der Waals surface area contributed by atoms with E-state index in [0.29, 0.717) is 0 Å². The van der Waals surface area contributed by atoms with E-state index in [2.05, 4.69) is 11.4 Å². The highest BCUT2D eigenvalue weighted by Crippen LogP contribution is 2.28. The van der Waals surface area contributed by atoms with Crippen molar-refractivity contribution < 1.29 is 8.42 Å². The van der Waals surface area contributed by atoms with E-state index in [0.717, 1.165) is 11.3 Å². The topological polar surface area (TPSA) is 72.2 Å². The first-order chi connectivity index (χ1) is 9.91. The van der Waals surface area contributed by atoms with Crippen molar-refractivity contribution in [2.75, 3.05) is 11.6 Å². The fraction of sp³-hybridized carbons (Fsp3) is 0.200. The first-order valence-electron chi connectivity index (χ1n) is 6.44. The molecule has 2 aromatic carbocycles. The third-order valence-corrected chi connectivity index (χ3v) is 4.91. The van der Waals surface area contributed by atoms with E-state index in [1.165, 1.54) is 17.0 Å². The number of anilines is 1. The highest BCUT2D eigenvalue weighted by atomic mass is 32.2. The minimum absolute atomic E-state index is 0.0628. The monoisotopic (exact) mass is 322 g/mol. The van der Waals surface area contributed by atoms with Gasteiger partial charge in [-0.15, -0.1) is 11.8 Å². The predicted octanol–water partition coefficient (Wildman–Crippen LogP) is 3.23. The molecule has 6 heteroatoms. The third-order valence-electron chi connectivity index (χ3n) is 3.19. The van der Waals surface area contributed by atoms with E-state index < -0.39 is 10.0 Å². The van der Waals surface area contributed by atoms with Crippen LogP contribution in [0.3, 0.4) is 0 Å². The molecule has 0 amide bonds. The van der Waals surface area contributed by atoms with Crippen LogP contribution in [0, 0.1) is 0 Å². The number of nitrogens with two attached hydrogens (primary N) is 1. The molecule has 2 aromatic rings. The second-order valence-electron chi connectivity index (χ2n) is 4.68. The number of nitrogens with one attached hydrogen (secondary N) is 1. The largest absolute Gasteiger partial charge is 0.378 e. The maximum absolute atomic E-state index is 11.2. The van der Waals surface area contributed by atoms with E-state index in [-0.39, 0.29) is 10.9 Å². The van der Waals surface area contributed by atoms with E-state index in [1.807, 2.05) is 31.4 Å². The summed E-state index contributed by atoms with van der Waals surface area (Å²) in [5.41, 5.74) is 2.06. The van der Waals surface area contributed by atoms with Gasteiger partial charge in [-0.05, 0) is 43.0 Å². The smallest absolute Gasteiger partial charge is 0.238 e. The Kier molecular flexibility index (Phi) is 4.92. The average molecular weight is 322 g/mol. The Morgan fingerprint density at radius 2 is 1.71 bits per heavy atom. The van der Waals surface area contributed by atoms with Gasteiger partial charge in [0.2, 0.25) is 10.0 Å². The van der Waals surface area contributed by atoms with Crippen molar-refractivity contribution in [1.29, 1.82) is 0 Å². The fourth-order valence-corrected chi connectivity index (χ4v) is 3.10. The third kappa shape index (κ3) is 4.00. The van der Waals surface area contributed by atoms with Crippen molar-refractivity contribution in [2.24, 2.45) is 5.14 Å². The number of rotatable bonds is 5. The van der Waals surface area contributed by atoms with E-state index in [1.54, 1.807) is 23.9 Å². The molecule has 1 atom stereocenters. The normalized spacial score (nSPS) is 12.9. The molecule has 2 rings (SSSR count). The van der Waals surface area contributed by atoms with Crippen LogP contribution >= 0.6 is 11.8 Å². The quantitative estimate of drug-likeness (QED) is 0.829. The lowest BCUT2D eigenvalue weighted by atomic mass is 10.1. The zero-order chi connectivity index (χ0) is 15.5. The zero-order valence-corrected chi connectivity index (χ0v) is 13.5. The van der Waals surface area contributed by atoms with Crippen molar-refractivity contribution >= 4 is 27.5 Å². The summed E-state index contributed by atoms with van der Waals surface area (Å²) in [6, 6.07) is 14.8. The molecular weight excluding hydrogens is 304 g/mol. The predicted molar refractivity (Wildman–Crippen MR) is 88.1 cm³/mol. The molecule has 0 aliphatic carbocycles. The number of primary sulfonamides is 1. The molecular formula is C15H18N2O2S2. The fourth-order valence-electron chi connectivity index (χ4n) is 2.03. The average Bonchev–Trinajstić information content (AvgIpc) is 2.47. The maximum atomic E-state index is 11.2. The van der Waals surface area contributed by atoms with Crippen molar-refractivity contribution in [1.82, 2.24) is 0 Å². The van der Waals surface area contributed by atoms with Gasteiger partial charge < -0.3 is 5.32 Å². The second-order valence-corrected chi connectivity index (χ2v) is 7.09. The van der Waals surface area contributed by atoms with Gasteiger partial charge in [-0.2, -0.15) is 0 Å². The molecule has 0 bridgehead atoms. The number of sulfonamides is 1. The van der Waals surface area contributed by atoms with Gasteiger partial charge in [0.1, 0.15) is 0 Å². The molecule has 0 aliphatic heterocycles. The highest BCUT2D eigenvalue weighted by molar-refractivity contribution is 7.98. The van der Waals surface area contributed by atoms with E-state index >= 15 is 0 Å². The Hall–Kier alpha value is -1.50. The van der Waals surface area contributed by atoms with Crippen molar-refractivity contribution in [3.8, 4) is 0 Å². The van der Waals surface area contributed by atoms with Gasteiger partial charge >= 0.3 is 0 Å². The Labute approximate surface area is 129 Å². The molecule has 21 heavy (non-hydrogen) atoms. The molecule has 0 fully saturated rings. The molecule has 0 spiro atoms. The van der Waals surface area contributed by atoms with Gasteiger partial charge in [0.05, 0.1) is 4.90 Å². The lowest BCUT2D eigenvalue weighted by Crippen LogP contribution is -2.12. The van der Waals surface area contributed by atoms with Crippen LogP contribution in [0.15, 0.2) is 58.3 Å². The minimum atomic E-state index is -3.64. The van der Waals surface area contributed by atoms with Crippen LogP contribution in [0.1, 0.15) is 18.5 Å². The summed E-state index contributed by atoms with van der Waals surface area (Å²) < 4.78 is 22.5. The van der Waals surface area contributed by atoms with Gasteiger partial charge in [0, 0.05) is 16.6 Å². The molecule has 112 valence electrons. The first-order valence-corrected chi connectivity index (χ1v) is 9.21. The van der Waals surface area contributed by atoms with E-state index in [4.69, 9.17) is 5.14 Å². The van der Waals surface area contributed by atoms with Crippen LogP contribution in [0.25, 0.3) is 0 Å². The Balaban J connectivity index is 2.19. The number of para-hydroxylation sites is 1. The number of hydrogen-bond donors (Lipinski definition) is 2. The summed E-state index contributed by atoms with van der Waals surface area (Å²) in [4.78, 5) is 1.30. The zero-order valence-electron chi connectivity index (χ0n) is 11.9. The Bertz CT molecular complexity index is 713. The summed E-state index contributed by atoms with van der Waals surface area (Å²) in [6.07, 6.45) is 2.03. The minimum Gasteiger partial charge on any atom is -0.378 e. The maximum Gasteiger partial charge on any atom is 0.238 e. The first kappa shape index (κ1) is 15.9.